The first kappa shape index (κ1) is 59.6. The number of terminal acetylenes is 1. The van der Waals surface area contributed by atoms with E-state index in [2.05, 4.69) is 54.7 Å². The third kappa shape index (κ3) is 14.4. The van der Waals surface area contributed by atoms with Gasteiger partial charge < -0.3 is 50.3 Å². The second-order valence-electron chi connectivity index (χ2n) is 21.6. The Kier molecular flexibility index (Phi) is 21.3. The van der Waals surface area contributed by atoms with Gasteiger partial charge in [-0.05, 0) is 113 Å². The van der Waals surface area contributed by atoms with Gasteiger partial charge in [-0.1, -0.05) is 56.2 Å². The molecular weight excluding hydrogens is 1010 g/mol. The number of halogens is 2. The number of phenols is 1. The highest BCUT2D eigenvalue weighted by Gasteiger charge is 2.45. The fourth-order valence-corrected chi connectivity index (χ4v) is 12.1. The Morgan fingerprint density at radius 3 is 2.43 bits per heavy atom. The molecule has 0 radical (unpaired) electrons. The summed E-state index contributed by atoms with van der Waals surface area (Å²) in [5.74, 6) is 0.927. The number of carbonyl (C=O) groups excluding carboxylic acids is 4. The molecule has 17 nitrogen and oxygen atoms in total. The number of benzene rings is 3. The van der Waals surface area contributed by atoms with Crippen LogP contribution in [0.4, 0.5) is 26.0 Å². The van der Waals surface area contributed by atoms with E-state index in [0.717, 1.165) is 82.0 Å². The number of unbranched alkanes of at least 4 members (excludes halogenated alkanes) is 6. The summed E-state index contributed by atoms with van der Waals surface area (Å²) in [5.41, 5.74) is 2.45. The number of carbonyl (C=O) groups is 4. The number of H-pyrrole nitrogens is 1. The summed E-state index contributed by atoms with van der Waals surface area (Å²) in [7, 11) is 7.24. The lowest BCUT2D eigenvalue weighted by molar-refractivity contribution is -0.121. The highest BCUT2D eigenvalue weighted by Crippen LogP contribution is 2.42. The molecule has 0 aliphatic carbocycles. The van der Waals surface area contributed by atoms with Crippen LogP contribution in [0.2, 0.25) is 0 Å². The number of hydrogen-bond donors (Lipinski definition) is 5. The smallest absolute Gasteiger partial charge is 0.347 e. The van der Waals surface area contributed by atoms with Crippen molar-refractivity contribution in [2.75, 3.05) is 75.7 Å². The van der Waals surface area contributed by atoms with E-state index >= 15 is 4.39 Å². The van der Waals surface area contributed by atoms with Crippen LogP contribution in [0, 0.1) is 24.0 Å². The summed E-state index contributed by atoms with van der Waals surface area (Å²) in [6.07, 6.45) is 25.9. The summed E-state index contributed by atoms with van der Waals surface area (Å²) in [6, 6.07) is 11.8. The van der Waals surface area contributed by atoms with Crippen LogP contribution >= 0.6 is 0 Å². The largest absolute Gasteiger partial charge is 0.508 e. The van der Waals surface area contributed by atoms with Gasteiger partial charge in [0, 0.05) is 95.1 Å². The number of nitrogens with one attached hydrogen (secondary N) is 4. The zero-order valence-corrected chi connectivity index (χ0v) is 46.4. The van der Waals surface area contributed by atoms with Gasteiger partial charge in [0.15, 0.2) is 5.82 Å². The van der Waals surface area contributed by atoms with E-state index in [1.807, 2.05) is 43.1 Å². The number of hydrogen-bond acceptors (Lipinski definition) is 13. The number of phenolic OH excluding ortho intramolecular Hbond substituents is 1. The summed E-state index contributed by atoms with van der Waals surface area (Å²) in [6.45, 7) is 6.71. The van der Waals surface area contributed by atoms with Crippen molar-refractivity contribution in [3.63, 3.8) is 0 Å². The predicted octanol–water partition coefficient (Wildman–Crippen LogP) is 7.52. The van der Waals surface area contributed by atoms with Crippen LogP contribution < -0.4 is 36.3 Å². The quantitative estimate of drug-likeness (QED) is 0.0244. The highest BCUT2D eigenvalue weighted by atomic mass is 19.1. The Hall–Kier alpha value is -7.01. The van der Waals surface area contributed by atoms with Gasteiger partial charge in [-0.3, -0.25) is 24.3 Å². The van der Waals surface area contributed by atoms with Gasteiger partial charge in [0.25, 0.3) is 0 Å². The van der Waals surface area contributed by atoms with Gasteiger partial charge >= 0.3 is 5.69 Å². The molecule has 3 amide bonds. The van der Waals surface area contributed by atoms with Crippen LogP contribution in [-0.2, 0) is 30.3 Å². The summed E-state index contributed by atoms with van der Waals surface area (Å²) in [4.78, 5) is 77.0. The van der Waals surface area contributed by atoms with Gasteiger partial charge in [-0.15, -0.1) is 6.42 Å². The summed E-state index contributed by atoms with van der Waals surface area (Å²) < 4.78 is 35.6. The SMILES string of the molecule is C#Cc1c(F)ccc2cc(O)cc(-c3ncc4c(N5CC6CCC(C5)N6)nc(=O)[nH]c4c3F)c12.CNC(=O)CCC(C=O)N(C=O)c1cccc(CCCCCCCCCNC=O)c1N(C)C.COCC1CC[C@]2(C)CCCN12. The molecule has 79 heavy (non-hydrogen) atoms. The number of anilines is 3. The zero-order chi connectivity index (χ0) is 56.6. The standard InChI is InChI=1S/C25H19F2N5O2.C25H40N4O4.C10H19NO/c1-2-16-19(26)6-3-12-7-15(33)8-17(20(12)16)22-21(27)23-18(9-28-22)24(31-25(34)30-23)32-10-13-4-5-14(11-32)29-13;1-26-24(33)16-15-22(18-30)29(20-32)23-14-11-13-21(25(23)28(2)3)12-9-7-5-4-6-8-10-17-27-19-31;1-10-5-3-7-11(10)9(4-6-10)8-12-2/h1,3,6-9,13-14,29,33H,4-5,10-11H2,(H,30,31,34);11,13-14,18-20,22H,4-10,12,15-17H2,1-3H3,(H,26,33)(H,27,31);9H,3-8H2,1-2H3/t;;9?,10-/m..0/s1. The van der Waals surface area contributed by atoms with Crippen molar-refractivity contribution < 1.29 is 37.8 Å². The molecule has 3 aromatic carbocycles. The fourth-order valence-electron chi connectivity index (χ4n) is 12.1. The molecule has 5 N–H and O–H groups in total. The molecule has 0 spiro atoms. The number of nitrogens with zero attached hydrogens (tertiary/aromatic N) is 6. The molecule has 6 heterocycles. The molecular formula is C60H78F2N10O7. The summed E-state index contributed by atoms with van der Waals surface area (Å²) in [5, 5.41) is 20.1. The minimum absolute atomic E-state index is 0.0546. The van der Waals surface area contributed by atoms with Gasteiger partial charge in [-0.2, -0.15) is 4.98 Å². The Bertz CT molecular complexity index is 3010. The van der Waals surface area contributed by atoms with Crippen molar-refractivity contribution in [1.29, 1.82) is 0 Å². The Morgan fingerprint density at radius 1 is 1.03 bits per heavy atom. The lowest BCUT2D eigenvalue weighted by atomic mass is 9.96. The molecule has 2 aromatic heterocycles. The van der Waals surface area contributed by atoms with E-state index in [-0.39, 0.29) is 52.2 Å². The molecule has 424 valence electrons. The van der Waals surface area contributed by atoms with Gasteiger partial charge in [-0.25, -0.2) is 13.6 Å². The number of para-hydroxylation sites is 1. The lowest BCUT2D eigenvalue weighted by Gasteiger charge is -2.34. The van der Waals surface area contributed by atoms with Crippen LogP contribution in [-0.4, -0.2) is 141 Å². The first-order chi connectivity index (χ1) is 38.2. The maximum Gasteiger partial charge on any atom is 0.347 e. The maximum atomic E-state index is 15.9. The zero-order valence-electron chi connectivity index (χ0n) is 46.4. The van der Waals surface area contributed by atoms with Crippen LogP contribution in [0.15, 0.2) is 53.5 Å². The molecule has 9 rings (SSSR count). The normalized spacial score (nSPS) is 19.6. The maximum absolute atomic E-state index is 15.9. The minimum atomic E-state index is -0.810. The Balaban J connectivity index is 0.000000189. The molecule has 4 aliphatic heterocycles. The molecule has 4 fully saturated rings. The summed E-state index contributed by atoms with van der Waals surface area (Å²) >= 11 is 0. The monoisotopic (exact) mass is 1090 g/mol. The van der Waals surface area contributed by atoms with Crippen molar-refractivity contribution in [2.24, 2.45) is 0 Å². The first-order valence-electron chi connectivity index (χ1n) is 27.8. The van der Waals surface area contributed by atoms with Crippen LogP contribution in [0.5, 0.6) is 5.75 Å². The third-order valence-electron chi connectivity index (χ3n) is 16.0. The number of aromatic nitrogens is 3. The van der Waals surface area contributed by atoms with Gasteiger partial charge in [0.2, 0.25) is 18.7 Å². The van der Waals surface area contributed by atoms with Crippen molar-refractivity contribution in [3.05, 3.63) is 81.9 Å². The molecule has 2 bridgehead atoms. The Labute approximate surface area is 462 Å². The molecule has 5 aromatic rings. The van der Waals surface area contributed by atoms with Crippen LogP contribution in [0.3, 0.4) is 0 Å². The molecule has 4 unspecified atom stereocenters. The number of aromatic hydroxyl groups is 1. The van der Waals surface area contributed by atoms with Crippen molar-refractivity contribution >= 4 is 63.9 Å². The number of aryl methyl sites for hydroxylation is 1. The second kappa shape index (κ2) is 28.2. The molecule has 4 saturated heterocycles. The Morgan fingerprint density at radius 2 is 1.76 bits per heavy atom. The van der Waals surface area contributed by atoms with E-state index in [4.69, 9.17) is 11.2 Å². The average molecular weight is 1090 g/mol. The molecule has 4 aliphatic rings. The number of ether oxygens (including phenoxy) is 1. The number of amides is 3. The number of aldehydes is 1. The van der Waals surface area contributed by atoms with E-state index in [1.54, 1.807) is 7.05 Å². The van der Waals surface area contributed by atoms with Crippen LogP contribution in [0.25, 0.3) is 32.9 Å². The predicted molar refractivity (Wildman–Crippen MR) is 307 cm³/mol. The molecule has 19 heteroatoms. The first-order valence-corrected chi connectivity index (χ1v) is 27.8. The van der Waals surface area contributed by atoms with Crippen molar-refractivity contribution in [3.8, 4) is 29.4 Å². The topological polar surface area (TPSA) is 205 Å². The highest BCUT2D eigenvalue weighted by molar-refractivity contribution is 6.03. The number of aromatic amines is 1. The van der Waals surface area contributed by atoms with Crippen molar-refractivity contribution in [2.45, 2.75) is 139 Å². The molecule has 5 atom stereocenters. The molecule has 0 saturated carbocycles. The lowest BCUT2D eigenvalue weighted by Crippen LogP contribution is -2.51. The number of fused-ring (bicyclic) bond motifs is 5. The fraction of sp³-hybridized carbons (Fsp3) is 0.517. The number of methoxy groups -OCH3 is 1. The number of piperazine rings is 1. The van der Waals surface area contributed by atoms with Crippen molar-refractivity contribution in [1.82, 2.24) is 35.8 Å². The van der Waals surface area contributed by atoms with E-state index in [1.165, 1.54) is 86.9 Å². The second-order valence-corrected chi connectivity index (χ2v) is 21.6. The van der Waals surface area contributed by atoms with Crippen LogP contribution in [0.1, 0.15) is 114 Å². The minimum Gasteiger partial charge on any atom is -0.508 e. The number of pyridine rings is 1. The van der Waals surface area contributed by atoms with E-state index in [0.29, 0.717) is 65.4 Å². The van der Waals surface area contributed by atoms with E-state index in [9.17, 15) is 33.5 Å². The number of rotatable bonds is 23. The average Bonchev–Trinajstić information content (AvgIpc) is 4.21. The van der Waals surface area contributed by atoms with Gasteiger partial charge in [0.1, 0.15) is 29.4 Å². The third-order valence-corrected chi connectivity index (χ3v) is 16.0. The van der Waals surface area contributed by atoms with Gasteiger partial charge in [0.05, 0.1) is 40.5 Å². The van der Waals surface area contributed by atoms with E-state index < -0.39 is 23.4 Å².